The molecule has 0 unspecified atom stereocenters. The summed E-state index contributed by atoms with van der Waals surface area (Å²) in [5.74, 6) is 0.182. The lowest BCUT2D eigenvalue weighted by molar-refractivity contribution is -0.128. The number of benzene rings is 1. The molecule has 2 aliphatic rings. The van der Waals surface area contributed by atoms with E-state index in [0.29, 0.717) is 26.1 Å². The van der Waals surface area contributed by atoms with E-state index in [-0.39, 0.29) is 23.4 Å². The summed E-state index contributed by atoms with van der Waals surface area (Å²) in [6, 6.07) is 8.01. The van der Waals surface area contributed by atoms with Gasteiger partial charge in [-0.2, -0.15) is 0 Å². The summed E-state index contributed by atoms with van der Waals surface area (Å²) in [5.41, 5.74) is 2.91. The van der Waals surface area contributed by atoms with Gasteiger partial charge >= 0.3 is 6.03 Å². The van der Waals surface area contributed by atoms with Gasteiger partial charge in [0.1, 0.15) is 5.69 Å². The van der Waals surface area contributed by atoms with Crippen LogP contribution in [0.15, 0.2) is 30.5 Å². The Kier molecular flexibility index (Phi) is 5.02. The molecule has 1 aromatic carbocycles. The van der Waals surface area contributed by atoms with Crippen LogP contribution in [0.25, 0.3) is 0 Å². The van der Waals surface area contributed by atoms with Crippen LogP contribution in [0.4, 0.5) is 10.5 Å². The van der Waals surface area contributed by atoms with Crippen molar-refractivity contribution >= 4 is 17.6 Å². The van der Waals surface area contributed by atoms with Gasteiger partial charge in [0.15, 0.2) is 0 Å². The summed E-state index contributed by atoms with van der Waals surface area (Å²) in [7, 11) is 0. The second-order valence-corrected chi connectivity index (χ2v) is 8.93. The van der Waals surface area contributed by atoms with Crippen molar-refractivity contribution < 1.29 is 9.59 Å². The van der Waals surface area contributed by atoms with Crippen molar-refractivity contribution in [1.29, 1.82) is 0 Å². The Morgan fingerprint density at radius 1 is 1.21 bits per heavy atom. The molecule has 0 radical (unpaired) electrons. The molecule has 0 saturated carbocycles. The van der Waals surface area contributed by atoms with Crippen molar-refractivity contribution in [3.63, 3.8) is 0 Å². The van der Waals surface area contributed by atoms with Gasteiger partial charge in [0, 0.05) is 31.7 Å². The zero-order valence-electron chi connectivity index (χ0n) is 17.3. The predicted molar refractivity (Wildman–Crippen MR) is 109 cm³/mol. The Balaban J connectivity index is 1.27. The average molecular weight is 396 g/mol. The minimum Gasteiger partial charge on any atom is -0.337 e. The molecule has 8 heteroatoms. The van der Waals surface area contributed by atoms with Gasteiger partial charge in [-0.25, -0.2) is 9.48 Å². The fraction of sp³-hybridized carbons (Fsp3) is 0.524. The Morgan fingerprint density at radius 3 is 2.55 bits per heavy atom. The lowest BCUT2D eigenvalue weighted by atomic mass is 9.87. The van der Waals surface area contributed by atoms with Crippen LogP contribution >= 0.6 is 0 Å². The summed E-state index contributed by atoms with van der Waals surface area (Å²) in [6.45, 7) is 8.99. The van der Waals surface area contributed by atoms with Gasteiger partial charge in [0.2, 0.25) is 5.91 Å². The molecule has 29 heavy (non-hydrogen) atoms. The number of nitrogens with one attached hydrogen (secondary N) is 1. The summed E-state index contributed by atoms with van der Waals surface area (Å²) in [5, 5.41) is 11.3. The lowest BCUT2D eigenvalue weighted by Gasteiger charge is -2.38. The van der Waals surface area contributed by atoms with Crippen LogP contribution in [0.2, 0.25) is 0 Å². The zero-order chi connectivity index (χ0) is 20.6. The van der Waals surface area contributed by atoms with Crippen LogP contribution in [-0.4, -0.2) is 56.4 Å². The molecule has 1 aromatic heterocycles. The minimum absolute atomic E-state index is 0.0892. The first kappa shape index (κ1) is 19.4. The van der Waals surface area contributed by atoms with Gasteiger partial charge in [-0.1, -0.05) is 38.1 Å². The third-order valence-corrected chi connectivity index (χ3v) is 5.61. The molecule has 0 aliphatic carbocycles. The number of aromatic nitrogens is 3. The number of amides is 3. The fourth-order valence-corrected chi connectivity index (χ4v) is 3.68. The third-order valence-electron chi connectivity index (χ3n) is 5.61. The number of anilines is 1. The van der Waals surface area contributed by atoms with Gasteiger partial charge in [-0.15, -0.1) is 5.10 Å². The maximum atomic E-state index is 12.5. The fourth-order valence-electron chi connectivity index (χ4n) is 3.68. The Hall–Kier alpha value is -2.90. The van der Waals surface area contributed by atoms with E-state index in [9.17, 15) is 9.59 Å². The van der Waals surface area contributed by atoms with Crippen LogP contribution in [0.1, 0.15) is 50.9 Å². The van der Waals surface area contributed by atoms with Crippen LogP contribution in [0, 0.1) is 0 Å². The van der Waals surface area contributed by atoms with Crippen molar-refractivity contribution in [3.05, 3.63) is 41.7 Å². The van der Waals surface area contributed by atoms with Crippen LogP contribution in [0.3, 0.4) is 0 Å². The van der Waals surface area contributed by atoms with Crippen LogP contribution in [-0.2, 0) is 16.8 Å². The summed E-state index contributed by atoms with van der Waals surface area (Å²) >= 11 is 0. The minimum atomic E-state index is -0.104. The Morgan fingerprint density at radius 2 is 1.93 bits per heavy atom. The van der Waals surface area contributed by atoms with Gasteiger partial charge in [0.05, 0.1) is 18.8 Å². The average Bonchev–Trinajstić information content (AvgIpc) is 3.23. The second kappa shape index (κ2) is 7.50. The van der Waals surface area contributed by atoms with E-state index < -0.39 is 0 Å². The smallest absolute Gasteiger partial charge is 0.321 e. The predicted octanol–water partition coefficient (Wildman–Crippen LogP) is 2.79. The molecule has 8 nitrogen and oxygen atoms in total. The summed E-state index contributed by atoms with van der Waals surface area (Å²) < 4.78 is 1.80. The number of carbonyl (C=O) groups is 2. The zero-order valence-corrected chi connectivity index (χ0v) is 17.3. The number of carbonyl (C=O) groups excluding carboxylic acids is 2. The standard InChI is InChI=1S/C21H28N6O2/c1-21(2,3)15-6-8-16(9-7-15)22-20(29)26-13-18(14-26)27-12-17(23-24-27)11-25-10-4-5-19(25)28/h6-9,12,18H,4-5,10-11,13-14H2,1-3H3,(H,22,29). The Bertz CT molecular complexity index is 893. The van der Waals surface area contributed by atoms with Gasteiger partial charge < -0.3 is 15.1 Å². The molecule has 2 saturated heterocycles. The molecule has 1 N–H and O–H groups in total. The summed E-state index contributed by atoms with van der Waals surface area (Å²) in [4.78, 5) is 27.8. The first-order valence-corrected chi connectivity index (χ1v) is 10.1. The van der Waals surface area contributed by atoms with Crippen LogP contribution in [0.5, 0.6) is 0 Å². The van der Waals surface area contributed by atoms with E-state index >= 15 is 0 Å². The van der Waals surface area contributed by atoms with Crippen molar-refractivity contribution in [1.82, 2.24) is 24.8 Å². The van der Waals surface area contributed by atoms with E-state index in [2.05, 4.69) is 48.5 Å². The first-order valence-electron chi connectivity index (χ1n) is 10.1. The molecule has 3 amide bonds. The number of likely N-dealkylation sites (tertiary alicyclic amines) is 2. The molecule has 0 atom stereocenters. The highest BCUT2D eigenvalue weighted by Crippen LogP contribution is 2.25. The van der Waals surface area contributed by atoms with Crippen molar-refractivity contribution in [2.45, 2.75) is 51.6 Å². The van der Waals surface area contributed by atoms with Crippen molar-refractivity contribution in [2.24, 2.45) is 0 Å². The van der Waals surface area contributed by atoms with Gasteiger partial charge in [0.25, 0.3) is 0 Å². The number of hydrogen-bond acceptors (Lipinski definition) is 4. The van der Waals surface area contributed by atoms with Crippen molar-refractivity contribution in [3.8, 4) is 0 Å². The number of urea groups is 1. The molecule has 3 heterocycles. The maximum absolute atomic E-state index is 12.5. The topological polar surface area (TPSA) is 83.4 Å². The first-order chi connectivity index (χ1) is 13.8. The Labute approximate surface area is 170 Å². The molecule has 4 rings (SSSR count). The molecule has 0 bridgehead atoms. The van der Waals surface area contributed by atoms with Gasteiger partial charge in [-0.3, -0.25) is 4.79 Å². The second-order valence-electron chi connectivity index (χ2n) is 8.93. The van der Waals surface area contributed by atoms with E-state index in [1.54, 1.807) is 9.58 Å². The normalized spacial score (nSPS) is 17.6. The maximum Gasteiger partial charge on any atom is 0.321 e. The largest absolute Gasteiger partial charge is 0.337 e. The quantitative estimate of drug-likeness (QED) is 0.861. The monoisotopic (exact) mass is 396 g/mol. The number of rotatable bonds is 4. The highest BCUT2D eigenvalue weighted by Gasteiger charge is 2.33. The molecule has 2 aliphatic heterocycles. The molecule has 154 valence electrons. The molecular formula is C21H28N6O2. The van der Waals surface area contributed by atoms with Crippen LogP contribution < -0.4 is 5.32 Å². The SMILES string of the molecule is CC(C)(C)c1ccc(NC(=O)N2CC(n3cc(CN4CCCC4=O)nn3)C2)cc1. The lowest BCUT2D eigenvalue weighted by Crippen LogP contribution is -2.52. The highest BCUT2D eigenvalue weighted by atomic mass is 16.2. The van der Waals surface area contributed by atoms with Crippen molar-refractivity contribution in [2.75, 3.05) is 25.0 Å². The highest BCUT2D eigenvalue weighted by molar-refractivity contribution is 5.89. The number of hydrogen-bond donors (Lipinski definition) is 1. The molecule has 2 aromatic rings. The molecule has 2 fully saturated rings. The third kappa shape index (κ3) is 4.26. The van der Waals surface area contributed by atoms with E-state index in [1.807, 2.05) is 23.2 Å². The van der Waals surface area contributed by atoms with E-state index in [0.717, 1.165) is 24.3 Å². The molecule has 0 spiro atoms. The van der Waals surface area contributed by atoms with E-state index in [1.165, 1.54) is 5.56 Å². The van der Waals surface area contributed by atoms with E-state index in [4.69, 9.17) is 0 Å². The number of nitrogens with zero attached hydrogens (tertiary/aromatic N) is 5. The molecular weight excluding hydrogens is 368 g/mol. The van der Waals surface area contributed by atoms with Gasteiger partial charge in [-0.05, 0) is 29.5 Å². The summed E-state index contributed by atoms with van der Waals surface area (Å²) in [6.07, 6.45) is 3.43.